The van der Waals surface area contributed by atoms with E-state index in [0.717, 1.165) is 16.4 Å². The van der Waals surface area contributed by atoms with Gasteiger partial charge in [-0.1, -0.05) is 52.6 Å². The molecular weight excluding hydrogens is 373 g/mol. The summed E-state index contributed by atoms with van der Waals surface area (Å²) in [6.07, 6.45) is 0. The number of likely N-dealkylation sites (N-methyl/N-ethyl adjacent to an activating group) is 1. The Bertz CT molecular complexity index is 959. The fraction of sp³-hybridized carbons (Fsp3) is 0.190. The quantitative estimate of drug-likeness (QED) is 0.353. The van der Waals surface area contributed by atoms with Gasteiger partial charge in [-0.25, -0.2) is 0 Å². The molecule has 0 saturated carbocycles. The van der Waals surface area contributed by atoms with Crippen LogP contribution < -0.4 is 10.6 Å². The second-order valence-corrected chi connectivity index (χ2v) is 6.35. The van der Waals surface area contributed by atoms with Crippen molar-refractivity contribution in [3.63, 3.8) is 0 Å². The molecule has 1 N–H and O–H groups in total. The predicted octanol–water partition coefficient (Wildman–Crippen LogP) is 2.23. The number of nitrogens with zero attached hydrogens (tertiary/aromatic N) is 2. The van der Waals surface area contributed by atoms with Crippen LogP contribution in [-0.4, -0.2) is 31.5 Å². The Morgan fingerprint density at radius 2 is 1.96 bits per heavy atom. The number of hydrogen-bond acceptors (Lipinski definition) is 5. The molecule has 0 saturated heterocycles. The maximum atomic E-state index is 12.1. The Hall–Kier alpha value is -3.16. The number of rotatable bonds is 6. The average Bonchev–Trinajstić information content (AvgIpc) is 2.70. The Kier molecular flexibility index (Phi) is 8.20. The Labute approximate surface area is 167 Å². The second-order valence-electron chi connectivity index (χ2n) is 5.68. The van der Waals surface area contributed by atoms with E-state index in [1.54, 1.807) is 13.0 Å². The fourth-order valence-electron chi connectivity index (χ4n) is 2.30. The molecule has 1 amide bonds. The first-order chi connectivity index (χ1) is 13.5. The molecule has 1 atom stereocenters. The molecular formula is C21H22N3O3P. The van der Waals surface area contributed by atoms with Crippen LogP contribution in [0, 0.1) is 11.8 Å². The van der Waals surface area contributed by atoms with Crippen LogP contribution in [0.1, 0.15) is 23.6 Å². The normalized spacial score (nSPS) is 11.3. The van der Waals surface area contributed by atoms with E-state index in [-0.39, 0.29) is 18.2 Å². The van der Waals surface area contributed by atoms with E-state index in [2.05, 4.69) is 36.7 Å². The molecule has 28 heavy (non-hydrogen) atoms. The monoisotopic (exact) mass is 395 g/mol. The third-order valence-electron chi connectivity index (χ3n) is 3.59. The van der Waals surface area contributed by atoms with Crippen LogP contribution in [0.2, 0.25) is 0 Å². The first-order valence-electron chi connectivity index (χ1n) is 8.50. The van der Waals surface area contributed by atoms with Gasteiger partial charge in [-0.15, -0.1) is 9.24 Å². The SMILES string of the molecule is CNC(=O)/C(=N/OC)c1ccccc1CO/N=C(\C)C#Cc1cccc(P)c1. The number of carbonyl (C=O) groups excluding carboxylic acids is 1. The third-order valence-corrected chi connectivity index (χ3v) is 3.95. The van der Waals surface area contributed by atoms with Gasteiger partial charge in [0.2, 0.25) is 0 Å². The predicted molar refractivity (Wildman–Crippen MR) is 115 cm³/mol. The molecule has 2 rings (SSSR count). The van der Waals surface area contributed by atoms with Gasteiger partial charge in [0.1, 0.15) is 19.4 Å². The molecule has 0 aliphatic carbocycles. The van der Waals surface area contributed by atoms with Crippen molar-refractivity contribution in [1.82, 2.24) is 5.32 Å². The van der Waals surface area contributed by atoms with Gasteiger partial charge in [-0.3, -0.25) is 4.79 Å². The van der Waals surface area contributed by atoms with Gasteiger partial charge >= 0.3 is 0 Å². The van der Waals surface area contributed by atoms with E-state index in [4.69, 9.17) is 9.68 Å². The molecule has 2 aromatic rings. The van der Waals surface area contributed by atoms with Crippen molar-refractivity contribution in [2.24, 2.45) is 10.3 Å². The van der Waals surface area contributed by atoms with Crippen LogP contribution in [-0.2, 0) is 21.1 Å². The lowest BCUT2D eigenvalue weighted by Crippen LogP contribution is -2.29. The molecule has 0 aliphatic heterocycles. The fourth-order valence-corrected chi connectivity index (χ4v) is 2.59. The number of nitrogens with one attached hydrogen (secondary N) is 1. The zero-order valence-electron chi connectivity index (χ0n) is 16.0. The number of oxime groups is 2. The lowest BCUT2D eigenvalue weighted by Gasteiger charge is -2.09. The molecule has 0 spiro atoms. The van der Waals surface area contributed by atoms with Gasteiger partial charge in [0.05, 0.1) is 0 Å². The van der Waals surface area contributed by atoms with E-state index in [1.807, 2.05) is 42.5 Å². The van der Waals surface area contributed by atoms with Crippen molar-refractivity contribution in [1.29, 1.82) is 0 Å². The number of amides is 1. The summed E-state index contributed by atoms with van der Waals surface area (Å²) in [7, 11) is 5.56. The Balaban J connectivity index is 2.12. The van der Waals surface area contributed by atoms with Crippen molar-refractivity contribution in [3.05, 3.63) is 65.2 Å². The molecule has 0 heterocycles. The summed E-state index contributed by atoms with van der Waals surface area (Å²) in [5, 5.41) is 11.5. The van der Waals surface area contributed by atoms with Gasteiger partial charge in [-0.05, 0) is 30.3 Å². The van der Waals surface area contributed by atoms with Crippen LogP contribution in [0.15, 0.2) is 58.8 Å². The molecule has 0 aromatic heterocycles. The third kappa shape index (κ3) is 6.22. The standard InChI is InChI=1S/C21H22N3O3P/c1-15(11-12-16-7-6-9-18(28)13-16)23-27-14-17-8-4-5-10-19(17)20(24-26-3)21(25)22-2/h4-10,13H,14,28H2,1-3H3,(H,22,25)/b23-15+,24-20+. The first-order valence-corrected chi connectivity index (χ1v) is 9.08. The number of carbonyl (C=O) groups is 1. The van der Waals surface area contributed by atoms with Gasteiger partial charge < -0.3 is 15.0 Å². The average molecular weight is 395 g/mol. The van der Waals surface area contributed by atoms with Gasteiger partial charge in [-0.2, -0.15) is 0 Å². The minimum absolute atomic E-state index is 0.163. The minimum Gasteiger partial charge on any atom is -0.398 e. The summed E-state index contributed by atoms with van der Waals surface area (Å²) in [5.41, 5.74) is 2.98. The van der Waals surface area contributed by atoms with Crippen LogP contribution in [0.25, 0.3) is 0 Å². The molecule has 1 unspecified atom stereocenters. The zero-order valence-corrected chi connectivity index (χ0v) is 17.2. The van der Waals surface area contributed by atoms with Gasteiger partial charge in [0.15, 0.2) is 5.71 Å². The van der Waals surface area contributed by atoms with Crippen molar-refractivity contribution in [2.75, 3.05) is 14.2 Å². The highest BCUT2D eigenvalue weighted by atomic mass is 31.0. The molecule has 0 fully saturated rings. The minimum atomic E-state index is -0.351. The van der Waals surface area contributed by atoms with E-state index in [9.17, 15) is 4.79 Å². The van der Waals surface area contributed by atoms with E-state index in [0.29, 0.717) is 11.3 Å². The van der Waals surface area contributed by atoms with Crippen molar-refractivity contribution in [3.8, 4) is 11.8 Å². The Morgan fingerprint density at radius 3 is 2.68 bits per heavy atom. The summed E-state index contributed by atoms with van der Waals surface area (Å²) in [6.45, 7) is 1.93. The maximum Gasteiger partial charge on any atom is 0.273 e. The van der Waals surface area contributed by atoms with Crippen molar-refractivity contribution in [2.45, 2.75) is 13.5 Å². The van der Waals surface area contributed by atoms with Gasteiger partial charge in [0.25, 0.3) is 5.91 Å². The summed E-state index contributed by atoms with van der Waals surface area (Å²) in [4.78, 5) is 22.3. The summed E-state index contributed by atoms with van der Waals surface area (Å²) in [6, 6.07) is 15.1. The second kappa shape index (κ2) is 10.9. The highest BCUT2D eigenvalue weighted by Gasteiger charge is 2.17. The smallest absolute Gasteiger partial charge is 0.273 e. The Morgan fingerprint density at radius 1 is 1.18 bits per heavy atom. The van der Waals surface area contributed by atoms with Crippen molar-refractivity contribution >= 4 is 31.9 Å². The molecule has 0 bridgehead atoms. The summed E-state index contributed by atoms with van der Waals surface area (Å²) < 4.78 is 0. The van der Waals surface area contributed by atoms with Crippen LogP contribution in [0.3, 0.4) is 0 Å². The lowest BCUT2D eigenvalue weighted by atomic mass is 10.0. The molecule has 0 radical (unpaired) electrons. The molecule has 2 aromatic carbocycles. The summed E-state index contributed by atoms with van der Waals surface area (Å²) in [5.74, 6) is 5.64. The first kappa shape index (κ1) is 21.1. The highest BCUT2D eigenvalue weighted by Crippen LogP contribution is 2.12. The molecule has 144 valence electrons. The van der Waals surface area contributed by atoms with Crippen LogP contribution in [0.5, 0.6) is 0 Å². The van der Waals surface area contributed by atoms with Crippen LogP contribution in [0.4, 0.5) is 0 Å². The van der Waals surface area contributed by atoms with E-state index in [1.165, 1.54) is 14.2 Å². The van der Waals surface area contributed by atoms with E-state index < -0.39 is 0 Å². The van der Waals surface area contributed by atoms with E-state index >= 15 is 0 Å². The topological polar surface area (TPSA) is 72.3 Å². The largest absolute Gasteiger partial charge is 0.398 e. The number of benzene rings is 2. The lowest BCUT2D eigenvalue weighted by molar-refractivity contribution is -0.114. The van der Waals surface area contributed by atoms with Crippen molar-refractivity contribution < 1.29 is 14.5 Å². The summed E-state index contributed by atoms with van der Waals surface area (Å²) >= 11 is 0. The highest BCUT2D eigenvalue weighted by molar-refractivity contribution is 7.27. The zero-order chi connectivity index (χ0) is 20.4. The molecule has 7 heteroatoms. The van der Waals surface area contributed by atoms with Gasteiger partial charge in [0, 0.05) is 23.7 Å². The number of hydrogen-bond donors (Lipinski definition) is 1. The molecule has 0 aliphatic rings. The maximum absolute atomic E-state index is 12.1. The van der Waals surface area contributed by atoms with Crippen LogP contribution >= 0.6 is 9.24 Å². The molecule has 6 nitrogen and oxygen atoms in total.